The van der Waals surface area contributed by atoms with Crippen LogP contribution in [0.1, 0.15) is 18.2 Å². The number of nitrogens with one attached hydrogen (secondary N) is 1. The highest BCUT2D eigenvalue weighted by Crippen LogP contribution is 2.33. The highest BCUT2D eigenvalue weighted by Gasteiger charge is 2.35. The van der Waals surface area contributed by atoms with Crippen molar-refractivity contribution in [2.45, 2.75) is 24.9 Å². The molecular formula is C20H18F3N3O4S. The maximum absolute atomic E-state index is 13.3. The number of alkyl halides is 3. The second kappa shape index (κ2) is 8.42. The Morgan fingerprint density at radius 3 is 2.26 bits per heavy atom. The normalized spacial score (nSPS) is 11.9. The number of benzene rings is 2. The summed E-state index contributed by atoms with van der Waals surface area (Å²) in [6.07, 6.45) is -5.78. The second-order valence-electron chi connectivity index (χ2n) is 6.51. The fraction of sp³-hybridized carbons (Fsp3) is 0.200. The summed E-state index contributed by atoms with van der Waals surface area (Å²) in [5.41, 5.74) is 0.765. The van der Waals surface area contributed by atoms with E-state index >= 15 is 0 Å². The highest BCUT2D eigenvalue weighted by atomic mass is 32.2. The van der Waals surface area contributed by atoms with Crippen molar-refractivity contribution in [1.29, 1.82) is 0 Å². The summed E-state index contributed by atoms with van der Waals surface area (Å²) in [7, 11) is -4.20. The molecule has 1 N–H and O–H groups in total. The van der Waals surface area contributed by atoms with Gasteiger partial charge in [-0.1, -0.05) is 29.8 Å². The lowest BCUT2D eigenvalue weighted by atomic mass is 10.1. The van der Waals surface area contributed by atoms with Crippen molar-refractivity contribution in [3.8, 4) is 16.9 Å². The summed E-state index contributed by atoms with van der Waals surface area (Å²) < 4.78 is 71.7. The van der Waals surface area contributed by atoms with Crippen molar-refractivity contribution in [3.63, 3.8) is 0 Å². The smallest absolute Gasteiger partial charge is 0.435 e. The summed E-state index contributed by atoms with van der Waals surface area (Å²) >= 11 is 0. The predicted octanol–water partition coefficient (Wildman–Crippen LogP) is 4.30. The van der Waals surface area contributed by atoms with E-state index in [-0.39, 0.29) is 22.9 Å². The molecule has 0 aliphatic rings. The Kier molecular flexibility index (Phi) is 6.07. The Bertz CT molecular complexity index is 1190. The van der Waals surface area contributed by atoms with Gasteiger partial charge in [-0.3, -0.25) is 0 Å². The number of amides is 1. The first-order chi connectivity index (χ1) is 14.5. The molecule has 0 spiro atoms. The van der Waals surface area contributed by atoms with E-state index in [4.69, 9.17) is 0 Å². The number of halogens is 3. The van der Waals surface area contributed by atoms with Gasteiger partial charge in [-0.05, 0) is 44.2 Å². The Labute approximate surface area is 176 Å². The van der Waals surface area contributed by atoms with Gasteiger partial charge in [0.2, 0.25) is 0 Å². The van der Waals surface area contributed by atoms with Crippen LogP contribution < -0.4 is 4.72 Å². The van der Waals surface area contributed by atoms with Gasteiger partial charge in [-0.15, -0.1) is 0 Å². The molecule has 7 nitrogen and oxygen atoms in total. The minimum absolute atomic E-state index is 0.0110. The van der Waals surface area contributed by atoms with Crippen molar-refractivity contribution in [2.24, 2.45) is 0 Å². The molecule has 0 radical (unpaired) electrons. The summed E-state index contributed by atoms with van der Waals surface area (Å²) in [5.74, 6) is 0. The second-order valence-corrected chi connectivity index (χ2v) is 8.19. The van der Waals surface area contributed by atoms with Crippen LogP contribution in [0.2, 0.25) is 0 Å². The van der Waals surface area contributed by atoms with Gasteiger partial charge >= 0.3 is 12.3 Å². The molecule has 0 aliphatic carbocycles. The Morgan fingerprint density at radius 1 is 1.10 bits per heavy atom. The zero-order chi connectivity index (χ0) is 22.8. The Hall–Kier alpha value is -3.34. The summed E-state index contributed by atoms with van der Waals surface area (Å²) in [5, 5.41) is 3.67. The lowest BCUT2D eigenvalue weighted by Crippen LogP contribution is -2.31. The number of carbonyl (C=O) groups is 1. The monoisotopic (exact) mass is 453 g/mol. The molecule has 11 heteroatoms. The van der Waals surface area contributed by atoms with E-state index in [1.165, 1.54) is 19.1 Å². The van der Waals surface area contributed by atoms with Crippen LogP contribution in [0.5, 0.6) is 0 Å². The van der Waals surface area contributed by atoms with Crippen LogP contribution in [0.3, 0.4) is 0 Å². The van der Waals surface area contributed by atoms with Crippen molar-refractivity contribution >= 4 is 16.1 Å². The largest absolute Gasteiger partial charge is 0.449 e. The quantitative estimate of drug-likeness (QED) is 0.622. The van der Waals surface area contributed by atoms with E-state index in [2.05, 4.69) is 9.84 Å². The van der Waals surface area contributed by atoms with Gasteiger partial charge in [0.05, 0.1) is 22.9 Å². The predicted molar refractivity (Wildman–Crippen MR) is 106 cm³/mol. The topological polar surface area (TPSA) is 90.3 Å². The number of carbonyl (C=O) groups excluding carboxylic acids is 1. The minimum Gasteiger partial charge on any atom is -0.449 e. The molecule has 1 aromatic heterocycles. The van der Waals surface area contributed by atoms with Crippen LogP contribution in [0.15, 0.2) is 59.5 Å². The number of aryl methyl sites for hydroxylation is 1. The van der Waals surface area contributed by atoms with Crippen LogP contribution in [-0.4, -0.2) is 30.9 Å². The molecule has 0 saturated carbocycles. The fourth-order valence-corrected chi connectivity index (χ4v) is 3.63. The van der Waals surface area contributed by atoms with Gasteiger partial charge in [0.25, 0.3) is 10.0 Å². The number of nitrogens with zero attached hydrogens (tertiary/aromatic N) is 2. The zero-order valence-electron chi connectivity index (χ0n) is 16.5. The third-order valence-corrected chi connectivity index (χ3v) is 5.56. The molecule has 0 atom stereocenters. The summed E-state index contributed by atoms with van der Waals surface area (Å²) in [6, 6.07) is 12.7. The van der Waals surface area contributed by atoms with Crippen LogP contribution in [0.25, 0.3) is 16.9 Å². The van der Waals surface area contributed by atoms with Gasteiger partial charge in [-0.2, -0.15) is 18.3 Å². The van der Waals surface area contributed by atoms with Crippen molar-refractivity contribution in [3.05, 3.63) is 65.9 Å². The molecule has 0 unspecified atom stereocenters. The van der Waals surface area contributed by atoms with Crippen LogP contribution in [0.4, 0.5) is 18.0 Å². The van der Waals surface area contributed by atoms with Crippen LogP contribution >= 0.6 is 0 Å². The number of sulfonamides is 1. The molecule has 1 heterocycles. The third-order valence-electron chi connectivity index (χ3n) is 4.23. The Morgan fingerprint density at radius 2 is 1.71 bits per heavy atom. The van der Waals surface area contributed by atoms with E-state index in [9.17, 15) is 26.4 Å². The average molecular weight is 453 g/mol. The van der Waals surface area contributed by atoms with Gasteiger partial charge in [-0.25, -0.2) is 22.6 Å². The molecule has 164 valence electrons. The van der Waals surface area contributed by atoms with Crippen LogP contribution in [-0.2, 0) is 20.9 Å². The molecule has 1 amide bonds. The molecule has 3 aromatic rings. The van der Waals surface area contributed by atoms with Crippen molar-refractivity contribution in [1.82, 2.24) is 14.5 Å². The summed E-state index contributed by atoms with van der Waals surface area (Å²) in [4.78, 5) is 11.1. The molecule has 0 saturated heterocycles. The number of hydrogen-bond acceptors (Lipinski definition) is 5. The van der Waals surface area contributed by atoms with Gasteiger partial charge in [0.15, 0.2) is 5.69 Å². The fourth-order valence-electron chi connectivity index (χ4n) is 2.74. The minimum atomic E-state index is -4.66. The number of ether oxygens (including phenoxy) is 1. The molecule has 0 fully saturated rings. The first kappa shape index (κ1) is 22.3. The molecule has 0 aliphatic heterocycles. The van der Waals surface area contributed by atoms with Crippen molar-refractivity contribution in [2.75, 3.05) is 6.61 Å². The lowest BCUT2D eigenvalue weighted by Gasteiger charge is -2.10. The van der Waals surface area contributed by atoms with E-state index in [1.54, 1.807) is 29.0 Å². The number of hydrogen-bond donors (Lipinski definition) is 1. The maximum atomic E-state index is 13.3. The third kappa shape index (κ3) is 5.05. The highest BCUT2D eigenvalue weighted by molar-refractivity contribution is 7.90. The standard InChI is InChI=1S/C20H18F3N3O4S/c1-3-30-19(27)25-31(28,29)16-10-8-15(9-11-16)26-17(12-18(24-26)20(21,22)23)14-6-4-13(2)5-7-14/h4-12H,3H2,1-2H3,(H,25,27). The molecule has 3 rings (SSSR count). The number of rotatable bonds is 5. The average Bonchev–Trinajstić information content (AvgIpc) is 3.14. The number of aromatic nitrogens is 2. The first-order valence-corrected chi connectivity index (χ1v) is 10.5. The van der Waals surface area contributed by atoms with E-state index in [0.717, 1.165) is 28.4 Å². The molecule has 2 aromatic carbocycles. The maximum Gasteiger partial charge on any atom is 0.435 e. The summed E-state index contributed by atoms with van der Waals surface area (Å²) in [6.45, 7) is 3.36. The molecule has 31 heavy (non-hydrogen) atoms. The van der Waals surface area contributed by atoms with Crippen molar-refractivity contribution < 1.29 is 31.1 Å². The van der Waals surface area contributed by atoms with Gasteiger partial charge in [0, 0.05) is 5.56 Å². The zero-order valence-corrected chi connectivity index (χ0v) is 17.3. The van der Waals surface area contributed by atoms with E-state index in [1.807, 2.05) is 6.92 Å². The van der Waals surface area contributed by atoms with E-state index < -0.39 is 28.0 Å². The molecule has 0 bridgehead atoms. The SMILES string of the molecule is CCOC(=O)NS(=O)(=O)c1ccc(-n2nc(C(F)(F)F)cc2-c2ccc(C)cc2)cc1. The Balaban J connectivity index is 2.01. The van der Waals surface area contributed by atoms with E-state index in [0.29, 0.717) is 5.56 Å². The first-order valence-electron chi connectivity index (χ1n) is 9.05. The van der Waals surface area contributed by atoms with Crippen LogP contribution in [0, 0.1) is 6.92 Å². The van der Waals surface area contributed by atoms with Gasteiger partial charge < -0.3 is 4.74 Å². The molecular weight excluding hydrogens is 435 g/mol. The lowest BCUT2D eigenvalue weighted by molar-refractivity contribution is -0.141. The van der Waals surface area contributed by atoms with Gasteiger partial charge in [0.1, 0.15) is 0 Å².